The average Bonchev–Trinajstić information content (AvgIpc) is 3.28. The van der Waals surface area contributed by atoms with Gasteiger partial charge in [0.25, 0.3) is 0 Å². The molecule has 34 heavy (non-hydrogen) atoms. The number of methoxy groups -OCH3 is 1. The van der Waals surface area contributed by atoms with Gasteiger partial charge in [0.1, 0.15) is 5.75 Å². The van der Waals surface area contributed by atoms with Crippen molar-refractivity contribution in [3.63, 3.8) is 0 Å². The lowest BCUT2D eigenvalue weighted by molar-refractivity contribution is -0.138. The Hall–Kier alpha value is -3.28. The number of nitrogens with zero attached hydrogens (tertiary/aromatic N) is 2. The molecule has 3 aromatic heterocycles. The van der Waals surface area contributed by atoms with Crippen LogP contribution in [0.5, 0.6) is 5.75 Å². The van der Waals surface area contributed by atoms with E-state index in [1.165, 1.54) is 30.8 Å². The zero-order valence-corrected chi connectivity index (χ0v) is 19.4. The van der Waals surface area contributed by atoms with Gasteiger partial charge in [-0.3, -0.25) is 14.5 Å². The molecule has 4 rings (SSSR count). The minimum atomic E-state index is -4.54. The van der Waals surface area contributed by atoms with Gasteiger partial charge in [0, 0.05) is 23.0 Å². The summed E-state index contributed by atoms with van der Waals surface area (Å²) in [5.74, 6) is -0.289. The lowest BCUT2D eigenvalue weighted by Gasteiger charge is -2.14. The Labute approximate surface area is 197 Å². The van der Waals surface area contributed by atoms with Gasteiger partial charge in [-0.1, -0.05) is 6.07 Å². The van der Waals surface area contributed by atoms with Crippen LogP contribution in [0, 0.1) is 6.92 Å². The molecule has 1 N–H and O–H groups in total. The topological polar surface area (TPSA) is 89.4 Å². The average molecular weight is 507 g/mol. The molecule has 0 fully saturated rings. The van der Waals surface area contributed by atoms with Crippen LogP contribution in [0.2, 0.25) is 0 Å². The molecule has 0 bridgehead atoms. The number of pyridine rings is 2. The van der Waals surface area contributed by atoms with Crippen LogP contribution in [0.25, 0.3) is 33.6 Å². The molecule has 3 heterocycles. The Morgan fingerprint density at radius 2 is 1.71 bits per heavy atom. The van der Waals surface area contributed by atoms with E-state index in [0.29, 0.717) is 33.8 Å². The van der Waals surface area contributed by atoms with Crippen LogP contribution >= 0.6 is 11.3 Å². The van der Waals surface area contributed by atoms with Gasteiger partial charge in [-0.05, 0) is 65.9 Å². The number of benzene rings is 1. The van der Waals surface area contributed by atoms with Gasteiger partial charge in [0.05, 0.1) is 24.1 Å². The van der Waals surface area contributed by atoms with E-state index in [4.69, 9.17) is 4.74 Å². The predicted molar refractivity (Wildman–Crippen MR) is 122 cm³/mol. The van der Waals surface area contributed by atoms with E-state index < -0.39 is 21.9 Å². The number of rotatable bonds is 5. The van der Waals surface area contributed by atoms with E-state index in [-0.39, 0.29) is 15.5 Å². The monoisotopic (exact) mass is 506 g/mol. The first-order chi connectivity index (χ1) is 16.0. The highest BCUT2D eigenvalue weighted by Gasteiger charge is 2.34. The highest BCUT2D eigenvalue weighted by atomic mass is 32.3. The minimum Gasteiger partial charge on any atom is -0.496 e. The molecular formula is C23H17F3N2O4S2. The Balaban J connectivity index is 1.79. The zero-order chi connectivity index (χ0) is 24.7. The second kappa shape index (κ2) is 8.82. The number of alkyl halides is 3. The first-order valence-corrected chi connectivity index (χ1v) is 12.1. The normalized spacial score (nSPS) is 12.1. The van der Waals surface area contributed by atoms with Crippen molar-refractivity contribution in [1.29, 1.82) is 0 Å². The third-order valence-corrected chi connectivity index (χ3v) is 7.30. The molecule has 0 aliphatic rings. The van der Waals surface area contributed by atoms with Gasteiger partial charge in [0.15, 0.2) is 4.21 Å². The highest BCUT2D eigenvalue weighted by Crippen LogP contribution is 2.39. The Bertz CT molecular complexity index is 1480. The fourth-order valence-corrected chi connectivity index (χ4v) is 5.24. The third kappa shape index (κ3) is 4.81. The maximum atomic E-state index is 13.2. The van der Waals surface area contributed by atoms with Crippen molar-refractivity contribution in [3.05, 3.63) is 71.4 Å². The summed E-state index contributed by atoms with van der Waals surface area (Å²) in [6.45, 7) is 1.76. The van der Waals surface area contributed by atoms with Crippen molar-refractivity contribution in [2.45, 2.75) is 17.3 Å². The summed E-state index contributed by atoms with van der Waals surface area (Å²) in [5.41, 5.74) is 2.61. The fraction of sp³-hybridized carbons (Fsp3) is 0.130. The third-order valence-electron chi connectivity index (χ3n) is 4.99. The Morgan fingerprint density at radius 3 is 2.38 bits per heavy atom. The lowest BCUT2D eigenvalue weighted by Crippen LogP contribution is -2.07. The first kappa shape index (κ1) is 23.9. The molecule has 0 radical (unpaired) electrons. The van der Waals surface area contributed by atoms with Crippen LogP contribution in [0.1, 0.15) is 11.3 Å². The number of aromatic nitrogens is 2. The molecule has 0 aliphatic heterocycles. The number of halogens is 3. The molecule has 6 nitrogen and oxygen atoms in total. The number of hydrogen-bond donors (Lipinski definition) is 1. The maximum absolute atomic E-state index is 13.2. The molecule has 11 heteroatoms. The van der Waals surface area contributed by atoms with E-state index in [9.17, 15) is 26.1 Å². The summed E-state index contributed by atoms with van der Waals surface area (Å²) < 4.78 is 77.3. The Kier molecular flexibility index (Phi) is 6.19. The summed E-state index contributed by atoms with van der Waals surface area (Å²) in [6.07, 6.45) is -3.06. The van der Waals surface area contributed by atoms with Crippen molar-refractivity contribution in [2.75, 3.05) is 7.11 Å². The quantitative estimate of drug-likeness (QED) is 0.328. The molecule has 0 spiro atoms. The zero-order valence-electron chi connectivity index (χ0n) is 17.8. The molecule has 4 aromatic rings. The van der Waals surface area contributed by atoms with E-state index in [1.807, 2.05) is 0 Å². The van der Waals surface area contributed by atoms with E-state index in [0.717, 1.165) is 17.4 Å². The summed E-state index contributed by atoms with van der Waals surface area (Å²) >= 11 is 0.876. The molecule has 0 saturated heterocycles. The number of thiophene rings is 1. The Morgan fingerprint density at radius 1 is 0.971 bits per heavy atom. The number of hydrogen-bond acceptors (Lipinski definition) is 6. The number of aryl methyl sites for hydroxylation is 1. The molecule has 0 saturated carbocycles. The van der Waals surface area contributed by atoms with Crippen LogP contribution in [0.15, 0.2) is 64.3 Å². The highest BCUT2D eigenvalue weighted by molar-refractivity contribution is 7.88. The van der Waals surface area contributed by atoms with E-state index in [2.05, 4.69) is 9.97 Å². The standard InChI is InChI=1S/C23H17F3N2O4S2/c1-13-9-16(14-3-4-18(23(24,25)26)21(12-14)32-2)11-19(28-13)15-5-7-27-20(10-15)17-6-8-33-22(17)34(29,30)31/h3-12H,1-2H3,(H,29,30,31). The van der Waals surface area contributed by atoms with Crippen molar-refractivity contribution >= 4 is 21.5 Å². The predicted octanol–water partition coefficient (Wildman–Crippen LogP) is 6.12. The van der Waals surface area contributed by atoms with Crippen molar-refractivity contribution in [2.24, 2.45) is 0 Å². The van der Waals surface area contributed by atoms with Crippen molar-refractivity contribution < 1.29 is 30.9 Å². The molecule has 0 amide bonds. The molecule has 1 aromatic carbocycles. The van der Waals surface area contributed by atoms with Crippen molar-refractivity contribution in [3.8, 4) is 39.4 Å². The van der Waals surface area contributed by atoms with Crippen LogP contribution in [0.3, 0.4) is 0 Å². The van der Waals surface area contributed by atoms with Gasteiger partial charge in [-0.15, -0.1) is 11.3 Å². The molecule has 0 aliphatic carbocycles. The number of ether oxygens (including phenoxy) is 1. The second-order valence-corrected chi connectivity index (χ2v) is 9.85. The van der Waals surface area contributed by atoms with Crippen LogP contribution in [0.4, 0.5) is 13.2 Å². The van der Waals surface area contributed by atoms with Gasteiger partial charge < -0.3 is 4.74 Å². The summed E-state index contributed by atoms with van der Waals surface area (Å²) in [5, 5.41) is 1.54. The van der Waals surface area contributed by atoms with E-state index >= 15 is 0 Å². The van der Waals surface area contributed by atoms with Crippen LogP contribution in [-0.2, 0) is 16.3 Å². The minimum absolute atomic E-state index is 0.216. The first-order valence-electron chi connectivity index (χ1n) is 9.73. The van der Waals surface area contributed by atoms with Gasteiger partial charge in [-0.2, -0.15) is 21.6 Å². The fourth-order valence-electron chi connectivity index (χ4n) is 3.51. The van der Waals surface area contributed by atoms with Gasteiger partial charge >= 0.3 is 16.3 Å². The maximum Gasteiger partial charge on any atom is 0.419 e. The summed E-state index contributed by atoms with van der Waals surface area (Å²) in [4.78, 5) is 8.74. The van der Waals surface area contributed by atoms with Gasteiger partial charge in [-0.25, -0.2) is 0 Å². The lowest BCUT2D eigenvalue weighted by atomic mass is 10.00. The van der Waals surface area contributed by atoms with E-state index in [1.54, 1.807) is 37.3 Å². The summed E-state index contributed by atoms with van der Waals surface area (Å²) in [6, 6.07) is 12.0. The molecule has 176 valence electrons. The molecule has 0 unspecified atom stereocenters. The summed E-state index contributed by atoms with van der Waals surface area (Å²) in [7, 11) is -3.23. The van der Waals surface area contributed by atoms with Crippen LogP contribution < -0.4 is 4.74 Å². The van der Waals surface area contributed by atoms with Gasteiger partial charge in [0.2, 0.25) is 0 Å². The smallest absolute Gasteiger partial charge is 0.419 e. The second-order valence-electron chi connectivity index (χ2n) is 7.32. The van der Waals surface area contributed by atoms with Crippen molar-refractivity contribution in [1.82, 2.24) is 9.97 Å². The molecular weight excluding hydrogens is 489 g/mol. The van der Waals surface area contributed by atoms with Crippen LogP contribution in [-0.4, -0.2) is 30.0 Å². The largest absolute Gasteiger partial charge is 0.496 e. The molecule has 0 atom stereocenters. The SMILES string of the molecule is COc1cc(-c2cc(C)nc(-c3ccnc(-c4ccsc4S(=O)(=O)O)c3)c2)ccc1C(F)(F)F.